The van der Waals surface area contributed by atoms with Gasteiger partial charge in [-0.05, 0) is 61.4 Å². The third-order valence-electron chi connectivity index (χ3n) is 7.55. The normalized spacial score (nSPS) is 26.4. The van der Waals surface area contributed by atoms with Crippen molar-refractivity contribution in [3.05, 3.63) is 95.6 Å². The average molecular weight is 547 g/mol. The van der Waals surface area contributed by atoms with Crippen LogP contribution in [-0.2, 0) is 19.1 Å². The van der Waals surface area contributed by atoms with Gasteiger partial charge in [0.05, 0.1) is 32.1 Å². The molecule has 6 atom stereocenters. The van der Waals surface area contributed by atoms with Gasteiger partial charge in [0.1, 0.15) is 12.1 Å². The number of hydrogen-bond donors (Lipinski definition) is 1. The van der Waals surface area contributed by atoms with E-state index >= 15 is 0 Å². The lowest BCUT2D eigenvalue weighted by molar-refractivity contribution is -0.149. The van der Waals surface area contributed by atoms with E-state index in [1.165, 1.54) is 7.11 Å². The maximum atomic E-state index is 13.9. The Labute approximate surface area is 235 Å². The fourth-order valence-electron chi connectivity index (χ4n) is 5.35. The molecule has 1 amide bonds. The topological polar surface area (TPSA) is 97.7 Å². The summed E-state index contributed by atoms with van der Waals surface area (Å²) >= 11 is 0. The Balaban J connectivity index is 1.51. The zero-order valence-electron chi connectivity index (χ0n) is 23.3. The molecule has 2 aromatic rings. The molecule has 212 valence electrons. The van der Waals surface area contributed by atoms with E-state index in [9.17, 15) is 14.7 Å². The van der Waals surface area contributed by atoms with Gasteiger partial charge in [0.15, 0.2) is 6.10 Å². The van der Waals surface area contributed by atoms with Crippen molar-refractivity contribution in [1.29, 1.82) is 0 Å². The number of piperidine rings is 1. The first-order valence-electron chi connectivity index (χ1n) is 13.7. The van der Waals surface area contributed by atoms with Crippen LogP contribution in [0.25, 0.3) is 0 Å². The van der Waals surface area contributed by atoms with Crippen molar-refractivity contribution in [3.8, 4) is 0 Å². The smallest absolute Gasteiger partial charge is 0.328 e. The molecule has 8 nitrogen and oxygen atoms in total. The van der Waals surface area contributed by atoms with E-state index < -0.39 is 24.2 Å². The Hall–Kier alpha value is -3.75. The molecule has 0 aliphatic carbocycles. The van der Waals surface area contributed by atoms with Crippen LogP contribution in [0.1, 0.15) is 59.3 Å². The Morgan fingerprint density at radius 3 is 2.50 bits per heavy atom. The number of ether oxygens (including phenoxy) is 2. The first-order chi connectivity index (χ1) is 19.4. The van der Waals surface area contributed by atoms with Crippen LogP contribution in [0.4, 0.5) is 0 Å². The molecule has 0 radical (unpaired) electrons. The Morgan fingerprint density at radius 2 is 1.85 bits per heavy atom. The molecular weight excluding hydrogens is 508 g/mol. The maximum absolute atomic E-state index is 13.9. The number of aliphatic hydroxyl groups is 1. The Kier molecular flexibility index (Phi) is 9.90. The lowest BCUT2D eigenvalue weighted by Gasteiger charge is -2.44. The summed E-state index contributed by atoms with van der Waals surface area (Å²) in [6.07, 6.45) is 7.84. The first-order valence-corrected chi connectivity index (χ1v) is 13.7. The number of nitrogens with zero attached hydrogens (tertiary/aromatic N) is 2. The van der Waals surface area contributed by atoms with Crippen LogP contribution >= 0.6 is 0 Å². The van der Waals surface area contributed by atoms with Crippen molar-refractivity contribution in [2.45, 2.75) is 63.5 Å². The SMILES string of the molecule is C=CC[C@@H]1C=C[C@@H](O/N=C\c2ccc(C(=O)N3[C@H](c4ccc(C)cc4)[C@@H](C)CC[C@H]3C(=O)OC)cc2)[C@@H](CO)O1. The number of carbonyl (C=O) groups is 2. The molecule has 4 rings (SSSR count). The highest BCUT2D eigenvalue weighted by atomic mass is 16.7. The number of rotatable bonds is 9. The number of carbonyl (C=O) groups excluding carboxylic acids is 2. The van der Waals surface area contributed by atoms with Gasteiger partial charge in [0.2, 0.25) is 0 Å². The van der Waals surface area contributed by atoms with Crippen LogP contribution < -0.4 is 0 Å². The highest BCUT2D eigenvalue weighted by molar-refractivity contribution is 5.98. The molecule has 2 aliphatic rings. The molecule has 2 heterocycles. The van der Waals surface area contributed by atoms with Gasteiger partial charge in [-0.3, -0.25) is 4.79 Å². The maximum Gasteiger partial charge on any atom is 0.328 e. The number of hydrogen-bond acceptors (Lipinski definition) is 7. The molecule has 0 unspecified atom stereocenters. The van der Waals surface area contributed by atoms with Crippen LogP contribution in [0, 0.1) is 12.8 Å². The zero-order valence-corrected chi connectivity index (χ0v) is 23.3. The van der Waals surface area contributed by atoms with Gasteiger partial charge in [-0.2, -0.15) is 0 Å². The summed E-state index contributed by atoms with van der Waals surface area (Å²) in [5, 5.41) is 13.7. The number of benzene rings is 2. The van der Waals surface area contributed by atoms with Crippen LogP contribution in [-0.4, -0.2) is 66.2 Å². The molecule has 2 aromatic carbocycles. The van der Waals surface area contributed by atoms with Crippen LogP contribution in [0.3, 0.4) is 0 Å². The fraction of sp³-hybridized carbons (Fsp3) is 0.406. The summed E-state index contributed by atoms with van der Waals surface area (Å²) in [6.45, 7) is 7.66. The summed E-state index contributed by atoms with van der Waals surface area (Å²) in [4.78, 5) is 33.9. The van der Waals surface area contributed by atoms with Gasteiger partial charge in [-0.1, -0.05) is 66.2 Å². The molecule has 0 aromatic heterocycles. The van der Waals surface area contributed by atoms with E-state index in [1.807, 2.05) is 43.3 Å². The van der Waals surface area contributed by atoms with Crippen LogP contribution in [0.2, 0.25) is 0 Å². The second-order valence-corrected chi connectivity index (χ2v) is 10.4. The van der Waals surface area contributed by atoms with E-state index in [0.29, 0.717) is 18.4 Å². The standard InChI is InChI=1S/C32H38N2O6/c1-5-6-26-16-18-28(29(20-35)39-26)40-33-19-23-10-14-25(15-11-23)31(36)34-27(32(37)38-4)17-9-22(3)30(34)24-12-7-21(2)8-13-24/h5,7-8,10-16,18-19,22,26-30,35H,1,6,9,17,20H2,2-4H3/b33-19-/t22-,26+,27-,28+,29+,30-/m0/s1. The van der Waals surface area contributed by atoms with Crippen molar-refractivity contribution in [3.63, 3.8) is 0 Å². The Bertz CT molecular complexity index is 1220. The third kappa shape index (κ3) is 6.69. The predicted molar refractivity (Wildman–Crippen MR) is 153 cm³/mol. The van der Waals surface area contributed by atoms with Gasteiger partial charge >= 0.3 is 5.97 Å². The van der Waals surface area contributed by atoms with E-state index in [4.69, 9.17) is 14.3 Å². The third-order valence-corrected chi connectivity index (χ3v) is 7.55. The molecule has 1 saturated heterocycles. The van der Waals surface area contributed by atoms with Gasteiger partial charge in [-0.25, -0.2) is 4.79 Å². The number of likely N-dealkylation sites (tertiary alicyclic amines) is 1. The lowest BCUT2D eigenvalue weighted by atomic mass is 9.82. The molecule has 8 heteroatoms. The summed E-state index contributed by atoms with van der Waals surface area (Å²) in [5.74, 6) is -0.462. The largest absolute Gasteiger partial charge is 0.467 e. The minimum atomic E-state index is -0.661. The minimum Gasteiger partial charge on any atom is -0.467 e. The van der Waals surface area contributed by atoms with E-state index in [2.05, 4.69) is 18.7 Å². The molecule has 0 bridgehead atoms. The summed E-state index contributed by atoms with van der Waals surface area (Å²) < 4.78 is 10.9. The summed E-state index contributed by atoms with van der Waals surface area (Å²) in [6, 6.07) is 14.2. The monoisotopic (exact) mass is 546 g/mol. The average Bonchev–Trinajstić information content (AvgIpc) is 2.98. The van der Waals surface area contributed by atoms with Gasteiger partial charge in [-0.15, -0.1) is 6.58 Å². The van der Waals surface area contributed by atoms with E-state index in [-0.39, 0.29) is 30.6 Å². The fourth-order valence-corrected chi connectivity index (χ4v) is 5.35. The quantitative estimate of drug-likeness (QED) is 0.211. The second kappa shape index (κ2) is 13.5. The lowest BCUT2D eigenvalue weighted by Crippen LogP contribution is -2.52. The number of aryl methyl sites for hydroxylation is 1. The van der Waals surface area contributed by atoms with Crippen molar-refractivity contribution >= 4 is 18.1 Å². The summed E-state index contributed by atoms with van der Waals surface area (Å²) in [5.41, 5.74) is 3.33. The minimum absolute atomic E-state index is 0.143. The van der Waals surface area contributed by atoms with Gasteiger partial charge < -0.3 is 24.3 Å². The molecule has 2 aliphatic heterocycles. The molecule has 1 fully saturated rings. The van der Waals surface area contributed by atoms with Crippen molar-refractivity contribution in [2.24, 2.45) is 11.1 Å². The Morgan fingerprint density at radius 1 is 1.12 bits per heavy atom. The zero-order chi connectivity index (χ0) is 28.6. The number of amides is 1. The van der Waals surface area contributed by atoms with Crippen LogP contribution in [0.5, 0.6) is 0 Å². The first kappa shape index (κ1) is 29.2. The molecule has 0 spiro atoms. The van der Waals surface area contributed by atoms with Crippen molar-refractivity contribution in [1.82, 2.24) is 4.90 Å². The number of methoxy groups -OCH3 is 1. The highest BCUT2D eigenvalue weighted by Crippen LogP contribution is 2.40. The molecule has 40 heavy (non-hydrogen) atoms. The number of esters is 1. The predicted octanol–water partition coefficient (Wildman–Crippen LogP) is 4.76. The highest BCUT2D eigenvalue weighted by Gasteiger charge is 2.43. The van der Waals surface area contributed by atoms with Crippen molar-refractivity contribution in [2.75, 3.05) is 13.7 Å². The second-order valence-electron chi connectivity index (χ2n) is 10.4. The molecule has 0 saturated carbocycles. The van der Waals surface area contributed by atoms with Gasteiger partial charge in [0, 0.05) is 5.56 Å². The molecule has 1 N–H and O–H groups in total. The van der Waals surface area contributed by atoms with E-state index in [0.717, 1.165) is 23.1 Å². The van der Waals surface area contributed by atoms with Crippen molar-refractivity contribution < 1.29 is 29.0 Å². The molecular formula is C32H38N2O6. The van der Waals surface area contributed by atoms with Gasteiger partial charge in [0.25, 0.3) is 5.91 Å². The van der Waals surface area contributed by atoms with E-state index in [1.54, 1.807) is 41.5 Å². The summed E-state index contributed by atoms with van der Waals surface area (Å²) in [7, 11) is 1.36. The number of aliphatic hydroxyl groups excluding tert-OH is 1. The number of oxime groups is 1. The van der Waals surface area contributed by atoms with Crippen LogP contribution in [0.15, 0.2) is 78.5 Å².